The van der Waals surface area contributed by atoms with Gasteiger partial charge in [-0.25, -0.2) is 4.79 Å². The van der Waals surface area contributed by atoms with Gasteiger partial charge in [-0.1, -0.05) is 43.5 Å². The highest BCUT2D eigenvalue weighted by molar-refractivity contribution is 7.84. The molecule has 1 saturated carbocycles. The van der Waals surface area contributed by atoms with Gasteiger partial charge in [-0.05, 0) is 48.2 Å². The van der Waals surface area contributed by atoms with Gasteiger partial charge in [-0.2, -0.15) is 0 Å². The van der Waals surface area contributed by atoms with Crippen LogP contribution in [0, 0.1) is 0 Å². The molecule has 1 unspecified atom stereocenters. The van der Waals surface area contributed by atoms with E-state index in [0.717, 1.165) is 29.7 Å². The highest BCUT2D eigenvalue weighted by Gasteiger charge is 2.19. The maximum Gasteiger partial charge on any atom is 0.335 e. The van der Waals surface area contributed by atoms with Crippen molar-refractivity contribution in [1.29, 1.82) is 0 Å². The third-order valence-electron chi connectivity index (χ3n) is 4.83. The Labute approximate surface area is 157 Å². The molecule has 26 heavy (non-hydrogen) atoms. The first-order valence-electron chi connectivity index (χ1n) is 9.14. The summed E-state index contributed by atoms with van der Waals surface area (Å²) in [6.45, 7) is 0.552. The number of hydrogen-bond acceptors (Lipinski definition) is 3. The molecule has 0 bridgehead atoms. The molecule has 1 atom stereocenters. The van der Waals surface area contributed by atoms with Crippen molar-refractivity contribution in [2.45, 2.75) is 49.7 Å². The van der Waals surface area contributed by atoms with E-state index in [1.165, 1.54) is 19.3 Å². The second-order valence-corrected chi connectivity index (χ2v) is 8.56. The van der Waals surface area contributed by atoms with Gasteiger partial charge in [0.2, 0.25) is 0 Å². The Balaban J connectivity index is 1.59. The second kappa shape index (κ2) is 8.99. The zero-order valence-corrected chi connectivity index (χ0v) is 15.6. The molecule has 0 saturated heterocycles. The van der Waals surface area contributed by atoms with Gasteiger partial charge in [0, 0.05) is 34.0 Å². The Hall–Kier alpha value is -2.14. The van der Waals surface area contributed by atoms with Crippen LogP contribution < -0.4 is 5.32 Å². The van der Waals surface area contributed by atoms with E-state index in [1.54, 1.807) is 18.2 Å². The van der Waals surface area contributed by atoms with E-state index in [1.807, 2.05) is 30.3 Å². The highest BCUT2D eigenvalue weighted by atomic mass is 32.2. The van der Waals surface area contributed by atoms with Gasteiger partial charge in [0.25, 0.3) is 0 Å². The van der Waals surface area contributed by atoms with Crippen LogP contribution in [0.25, 0.3) is 0 Å². The summed E-state index contributed by atoms with van der Waals surface area (Å²) in [5.41, 5.74) is 3.25. The molecule has 0 radical (unpaired) electrons. The lowest BCUT2D eigenvalue weighted by atomic mass is 10.0. The molecule has 0 amide bonds. The van der Waals surface area contributed by atoms with E-state index >= 15 is 0 Å². The summed E-state index contributed by atoms with van der Waals surface area (Å²) in [7, 11) is -0.807. The molecule has 138 valence electrons. The number of nitrogens with one attached hydrogen (secondary N) is 1. The van der Waals surface area contributed by atoms with Crippen molar-refractivity contribution in [2.75, 3.05) is 5.32 Å². The second-order valence-electron chi connectivity index (χ2n) is 6.84. The van der Waals surface area contributed by atoms with Gasteiger partial charge in [0.1, 0.15) is 0 Å². The number of aromatic carboxylic acids is 1. The van der Waals surface area contributed by atoms with Crippen molar-refractivity contribution >= 4 is 22.5 Å². The number of benzene rings is 2. The number of hydrogen-bond donors (Lipinski definition) is 2. The Morgan fingerprint density at radius 2 is 1.77 bits per heavy atom. The summed E-state index contributed by atoms with van der Waals surface area (Å²) in [5, 5.41) is 12.7. The third kappa shape index (κ3) is 5.18. The molecule has 0 aromatic heterocycles. The Bertz CT molecular complexity index is 784. The number of carboxylic acids is 1. The molecule has 4 nitrogen and oxygen atoms in total. The molecular weight excluding hydrogens is 346 g/mol. The molecule has 0 aliphatic heterocycles. The van der Waals surface area contributed by atoms with Crippen LogP contribution in [0.4, 0.5) is 5.69 Å². The van der Waals surface area contributed by atoms with Crippen LogP contribution in [0.15, 0.2) is 48.5 Å². The first-order chi connectivity index (χ1) is 12.6. The predicted molar refractivity (Wildman–Crippen MR) is 106 cm³/mol. The number of anilines is 1. The fourth-order valence-corrected chi connectivity index (χ4v) is 5.00. The van der Waals surface area contributed by atoms with Crippen molar-refractivity contribution in [1.82, 2.24) is 0 Å². The smallest absolute Gasteiger partial charge is 0.335 e. The highest BCUT2D eigenvalue weighted by Crippen LogP contribution is 2.24. The minimum Gasteiger partial charge on any atom is -0.478 e. The minimum atomic E-state index is -0.918. The van der Waals surface area contributed by atoms with Crippen LogP contribution in [0.5, 0.6) is 0 Å². The molecule has 2 aromatic rings. The van der Waals surface area contributed by atoms with E-state index in [0.29, 0.717) is 23.1 Å². The summed E-state index contributed by atoms with van der Waals surface area (Å²) in [5.74, 6) is -0.312. The van der Waals surface area contributed by atoms with Gasteiger partial charge in [0.15, 0.2) is 0 Å². The lowest BCUT2D eigenvalue weighted by Gasteiger charge is -2.21. The monoisotopic (exact) mass is 371 g/mol. The molecule has 2 aromatic carbocycles. The van der Waals surface area contributed by atoms with Gasteiger partial charge in [-0.15, -0.1) is 0 Å². The Kier molecular flexibility index (Phi) is 6.45. The van der Waals surface area contributed by atoms with Crippen LogP contribution in [-0.2, 0) is 23.1 Å². The van der Waals surface area contributed by atoms with E-state index < -0.39 is 16.8 Å². The van der Waals surface area contributed by atoms with E-state index in [9.17, 15) is 9.00 Å². The van der Waals surface area contributed by atoms with Crippen LogP contribution in [0.2, 0.25) is 0 Å². The lowest BCUT2D eigenvalue weighted by Crippen LogP contribution is -2.19. The fraction of sp³-hybridized carbons (Fsp3) is 0.381. The largest absolute Gasteiger partial charge is 0.478 e. The van der Waals surface area contributed by atoms with Crippen molar-refractivity contribution in [3.63, 3.8) is 0 Å². The van der Waals surface area contributed by atoms with Gasteiger partial charge in [0.05, 0.1) is 5.56 Å². The Morgan fingerprint density at radius 1 is 1.04 bits per heavy atom. The zero-order chi connectivity index (χ0) is 18.4. The molecule has 5 heteroatoms. The van der Waals surface area contributed by atoms with Crippen molar-refractivity contribution in [3.05, 3.63) is 65.2 Å². The minimum absolute atomic E-state index is 0.293. The summed E-state index contributed by atoms with van der Waals surface area (Å²) < 4.78 is 12.6. The molecule has 3 rings (SSSR count). The normalized spacial score (nSPS) is 16.2. The molecule has 1 fully saturated rings. The van der Waals surface area contributed by atoms with Gasteiger partial charge >= 0.3 is 5.97 Å². The summed E-state index contributed by atoms with van der Waals surface area (Å²) in [6.07, 6.45) is 5.85. The standard InChI is InChI=1S/C21H25NO3S/c23-21(24)18-8-4-6-16(12-18)14-22-19-9-5-7-17(13-19)15-26(25)20-10-2-1-3-11-20/h4-9,12-13,20,22H,1-3,10-11,14-15H2,(H,23,24). The summed E-state index contributed by atoms with van der Waals surface area (Å²) in [6, 6.07) is 15.0. The number of carboxylic acid groups (broad SMARTS) is 1. The van der Waals surface area contributed by atoms with E-state index in [-0.39, 0.29) is 0 Å². The maximum absolute atomic E-state index is 12.6. The van der Waals surface area contributed by atoms with Crippen molar-refractivity contribution in [3.8, 4) is 0 Å². The molecular formula is C21H25NO3S. The Morgan fingerprint density at radius 3 is 2.54 bits per heavy atom. The number of carbonyl (C=O) groups is 1. The maximum atomic E-state index is 12.6. The average molecular weight is 372 g/mol. The topological polar surface area (TPSA) is 66.4 Å². The third-order valence-corrected chi connectivity index (χ3v) is 6.66. The van der Waals surface area contributed by atoms with Crippen molar-refractivity contribution < 1.29 is 14.1 Å². The molecule has 1 aliphatic carbocycles. The van der Waals surface area contributed by atoms with Crippen molar-refractivity contribution in [2.24, 2.45) is 0 Å². The molecule has 0 spiro atoms. The van der Waals surface area contributed by atoms with E-state index in [4.69, 9.17) is 5.11 Å². The van der Waals surface area contributed by atoms with Gasteiger partial charge in [-0.3, -0.25) is 4.21 Å². The van der Waals surface area contributed by atoms with Gasteiger partial charge < -0.3 is 10.4 Å². The van der Waals surface area contributed by atoms with Crippen LogP contribution in [0.3, 0.4) is 0 Å². The predicted octanol–water partition coefficient (Wildman–Crippen LogP) is 4.58. The zero-order valence-electron chi connectivity index (χ0n) is 14.8. The molecule has 2 N–H and O–H groups in total. The first kappa shape index (κ1) is 18.6. The quantitative estimate of drug-likeness (QED) is 0.748. The lowest BCUT2D eigenvalue weighted by molar-refractivity contribution is 0.0696. The SMILES string of the molecule is O=C(O)c1cccc(CNc2cccc(CS(=O)C3CCCCC3)c2)c1. The number of rotatable bonds is 7. The first-order valence-corrected chi connectivity index (χ1v) is 10.5. The average Bonchev–Trinajstić information content (AvgIpc) is 2.67. The summed E-state index contributed by atoms with van der Waals surface area (Å²) in [4.78, 5) is 11.1. The summed E-state index contributed by atoms with van der Waals surface area (Å²) >= 11 is 0. The van der Waals surface area contributed by atoms with Crippen LogP contribution >= 0.6 is 0 Å². The van der Waals surface area contributed by atoms with Crippen LogP contribution in [0.1, 0.15) is 53.6 Å². The van der Waals surface area contributed by atoms with Crippen LogP contribution in [-0.4, -0.2) is 20.5 Å². The molecule has 1 aliphatic rings. The fourth-order valence-electron chi connectivity index (χ4n) is 3.40. The molecule has 0 heterocycles. The van der Waals surface area contributed by atoms with E-state index in [2.05, 4.69) is 5.32 Å².